The molecule has 0 unspecified atom stereocenters. The summed E-state index contributed by atoms with van der Waals surface area (Å²) in [5, 5.41) is 4.09. The van der Waals surface area contributed by atoms with E-state index in [0.717, 1.165) is 10.4 Å². The fourth-order valence-corrected chi connectivity index (χ4v) is 3.72. The van der Waals surface area contributed by atoms with Crippen molar-refractivity contribution in [1.29, 1.82) is 0 Å². The van der Waals surface area contributed by atoms with Gasteiger partial charge in [0.1, 0.15) is 5.00 Å². The second-order valence-corrected chi connectivity index (χ2v) is 7.20. The van der Waals surface area contributed by atoms with Gasteiger partial charge in [-0.05, 0) is 44.5 Å². The lowest BCUT2D eigenvalue weighted by Crippen LogP contribution is -2.12. The van der Waals surface area contributed by atoms with Crippen LogP contribution in [-0.2, 0) is 9.53 Å². The lowest BCUT2D eigenvalue weighted by Gasteiger charge is -2.06. The number of nitrogens with one attached hydrogen (secondary N) is 1. The highest BCUT2D eigenvalue weighted by Crippen LogP contribution is 2.33. The van der Waals surface area contributed by atoms with Crippen LogP contribution in [0.5, 0.6) is 0 Å². The number of rotatable bonds is 5. The predicted molar refractivity (Wildman–Crippen MR) is 104 cm³/mol. The van der Waals surface area contributed by atoms with Crippen LogP contribution in [0.2, 0.25) is 10.0 Å². The van der Waals surface area contributed by atoms with Gasteiger partial charge in [-0.1, -0.05) is 29.3 Å². The van der Waals surface area contributed by atoms with E-state index in [2.05, 4.69) is 5.32 Å². The maximum absolute atomic E-state index is 12.2. The average Bonchev–Trinajstić information content (AvgIpc) is 2.81. The van der Waals surface area contributed by atoms with Crippen molar-refractivity contribution in [3.8, 4) is 0 Å². The molecular weight excluding hydrogens is 381 g/mol. The molecule has 0 saturated carbocycles. The Hall–Kier alpha value is -1.82. The van der Waals surface area contributed by atoms with Gasteiger partial charge in [0.15, 0.2) is 0 Å². The summed E-state index contributed by atoms with van der Waals surface area (Å²) in [6, 6.07) is 5.11. The molecule has 132 valence electrons. The van der Waals surface area contributed by atoms with E-state index in [1.165, 1.54) is 23.5 Å². The number of hydrogen-bond donors (Lipinski definition) is 1. The van der Waals surface area contributed by atoms with Gasteiger partial charge in [-0.25, -0.2) is 4.79 Å². The zero-order valence-electron chi connectivity index (χ0n) is 14.0. The van der Waals surface area contributed by atoms with Crippen molar-refractivity contribution in [3.05, 3.63) is 55.9 Å². The Labute approximate surface area is 160 Å². The van der Waals surface area contributed by atoms with E-state index in [1.54, 1.807) is 25.1 Å². The fraction of sp³-hybridized carbons (Fsp3) is 0.222. The molecule has 2 rings (SSSR count). The predicted octanol–water partition coefficient (Wildman–Crippen LogP) is 5.50. The third-order valence-electron chi connectivity index (χ3n) is 3.50. The molecule has 0 aliphatic rings. The fourth-order valence-electron chi connectivity index (χ4n) is 2.15. The highest BCUT2D eigenvalue weighted by atomic mass is 35.5. The zero-order chi connectivity index (χ0) is 18.6. The summed E-state index contributed by atoms with van der Waals surface area (Å²) in [5.74, 6) is -0.833. The number of hydrogen-bond acceptors (Lipinski definition) is 4. The standard InChI is InChI=1S/C18H17Cl2NO3S/c1-4-24-18(23)16-10(2)11(3)25-17(16)21-15(22)9-8-12-13(19)6-5-7-14(12)20/h5-9H,4H2,1-3H3,(H,21,22)/b9-8+. The van der Waals surface area contributed by atoms with Crippen LogP contribution < -0.4 is 5.32 Å². The summed E-state index contributed by atoms with van der Waals surface area (Å²) in [7, 11) is 0. The summed E-state index contributed by atoms with van der Waals surface area (Å²) < 4.78 is 5.07. The Balaban J connectivity index is 2.22. The van der Waals surface area contributed by atoms with Crippen molar-refractivity contribution in [2.75, 3.05) is 11.9 Å². The average molecular weight is 398 g/mol. The number of aryl methyl sites for hydroxylation is 1. The molecule has 4 nitrogen and oxygen atoms in total. The lowest BCUT2D eigenvalue weighted by molar-refractivity contribution is -0.111. The molecule has 2 aromatic rings. The van der Waals surface area contributed by atoms with Crippen molar-refractivity contribution < 1.29 is 14.3 Å². The maximum Gasteiger partial charge on any atom is 0.341 e. The van der Waals surface area contributed by atoms with Crippen molar-refractivity contribution in [1.82, 2.24) is 0 Å². The molecule has 0 aliphatic heterocycles. The number of halogens is 2. The molecule has 1 heterocycles. The molecule has 0 atom stereocenters. The van der Waals surface area contributed by atoms with Gasteiger partial charge in [0.05, 0.1) is 12.2 Å². The van der Waals surface area contributed by atoms with Crippen LogP contribution in [-0.4, -0.2) is 18.5 Å². The van der Waals surface area contributed by atoms with E-state index >= 15 is 0 Å². The first-order chi connectivity index (χ1) is 11.8. The number of carbonyl (C=O) groups excluding carboxylic acids is 2. The molecule has 7 heteroatoms. The minimum Gasteiger partial charge on any atom is -0.462 e. The normalized spacial score (nSPS) is 10.9. The van der Waals surface area contributed by atoms with Crippen LogP contribution in [0, 0.1) is 13.8 Å². The van der Waals surface area contributed by atoms with Crippen molar-refractivity contribution in [2.45, 2.75) is 20.8 Å². The molecule has 0 fully saturated rings. The van der Waals surface area contributed by atoms with Crippen molar-refractivity contribution in [3.63, 3.8) is 0 Å². The third kappa shape index (κ3) is 4.63. The molecule has 0 radical (unpaired) electrons. The van der Waals surface area contributed by atoms with Gasteiger partial charge < -0.3 is 10.1 Å². The van der Waals surface area contributed by atoms with Crippen LogP contribution in [0.15, 0.2) is 24.3 Å². The van der Waals surface area contributed by atoms with Crippen LogP contribution in [0.1, 0.15) is 33.3 Å². The van der Waals surface area contributed by atoms with Crippen LogP contribution in [0.25, 0.3) is 6.08 Å². The highest BCUT2D eigenvalue weighted by molar-refractivity contribution is 7.16. The zero-order valence-corrected chi connectivity index (χ0v) is 16.3. The molecule has 0 spiro atoms. The molecule has 0 bridgehead atoms. The number of anilines is 1. The van der Waals surface area contributed by atoms with Gasteiger partial charge in [-0.2, -0.15) is 0 Å². The van der Waals surface area contributed by atoms with Gasteiger partial charge >= 0.3 is 5.97 Å². The monoisotopic (exact) mass is 397 g/mol. The van der Waals surface area contributed by atoms with Gasteiger partial charge in [0.25, 0.3) is 0 Å². The SMILES string of the molecule is CCOC(=O)c1c(NC(=O)/C=C/c2c(Cl)cccc2Cl)sc(C)c1C. The Morgan fingerprint density at radius 2 is 1.88 bits per heavy atom. The largest absolute Gasteiger partial charge is 0.462 e. The van der Waals surface area contributed by atoms with Gasteiger partial charge in [0.2, 0.25) is 5.91 Å². The second kappa shape index (κ2) is 8.52. The first kappa shape index (κ1) is 19.5. The summed E-state index contributed by atoms with van der Waals surface area (Å²) in [6.07, 6.45) is 2.86. The summed E-state index contributed by atoms with van der Waals surface area (Å²) in [5.41, 5.74) is 1.75. The molecule has 1 aromatic carbocycles. The van der Waals surface area contributed by atoms with Gasteiger partial charge in [-0.15, -0.1) is 11.3 Å². The minimum absolute atomic E-state index is 0.269. The Morgan fingerprint density at radius 1 is 1.24 bits per heavy atom. The number of thiophene rings is 1. The topological polar surface area (TPSA) is 55.4 Å². The summed E-state index contributed by atoms with van der Waals surface area (Å²) in [6.45, 7) is 5.72. The maximum atomic E-state index is 12.2. The summed E-state index contributed by atoms with van der Waals surface area (Å²) >= 11 is 13.5. The molecule has 0 aliphatic carbocycles. The van der Waals surface area contributed by atoms with Crippen molar-refractivity contribution in [2.24, 2.45) is 0 Å². The van der Waals surface area contributed by atoms with Crippen molar-refractivity contribution >= 4 is 57.5 Å². The van der Waals surface area contributed by atoms with Crippen LogP contribution >= 0.6 is 34.5 Å². The number of carbonyl (C=O) groups is 2. The van der Waals surface area contributed by atoms with Crippen LogP contribution in [0.3, 0.4) is 0 Å². The van der Waals surface area contributed by atoms with E-state index in [4.69, 9.17) is 27.9 Å². The second-order valence-electron chi connectivity index (χ2n) is 5.17. The van der Waals surface area contributed by atoms with E-state index in [9.17, 15) is 9.59 Å². The number of benzene rings is 1. The van der Waals surface area contributed by atoms with E-state index in [-0.39, 0.29) is 12.5 Å². The number of ether oxygens (including phenoxy) is 1. The smallest absolute Gasteiger partial charge is 0.341 e. The van der Waals surface area contributed by atoms with E-state index in [0.29, 0.717) is 26.2 Å². The number of amides is 1. The van der Waals surface area contributed by atoms with E-state index in [1.807, 2.05) is 13.8 Å². The Morgan fingerprint density at radius 3 is 2.48 bits per heavy atom. The Bertz CT molecular complexity index is 823. The molecule has 25 heavy (non-hydrogen) atoms. The molecule has 1 N–H and O–H groups in total. The highest BCUT2D eigenvalue weighted by Gasteiger charge is 2.21. The summed E-state index contributed by atoms with van der Waals surface area (Å²) in [4.78, 5) is 25.3. The molecular formula is C18H17Cl2NO3S. The molecule has 1 amide bonds. The Kier molecular flexibility index (Phi) is 6.64. The van der Waals surface area contributed by atoms with E-state index < -0.39 is 5.97 Å². The van der Waals surface area contributed by atoms with Gasteiger partial charge in [0, 0.05) is 26.6 Å². The third-order valence-corrected chi connectivity index (χ3v) is 5.28. The first-order valence-corrected chi connectivity index (χ1v) is 9.12. The first-order valence-electron chi connectivity index (χ1n) is 7.55. The lowest BCUT2D eigenvalue weighted by atomic mass is 10.1. The van der Waals surface area contributed by atoms with Gasteiger partial charge in [-0.3, -0.25) is 4.79 Å². The van der Waals surface area contributed by atoms with Crippen LogP contribution in [0.4, 0.5) is 5.00 Å². The quantitative estimate of drug-likeness (QED) is 0.535. The molecule has 0 saturated heterocycles. The minimum atomic E-state index is -0.447. The molecule has 1 aromatic heterocycles. The number of esters is 1.